The fraction of sp³-hybridized carbons (Fsp3) is 0.579. The van der Waals surface area contributed by atoms with E-state index in [9.17, 15) is 14.7 Å². The number of aliphatic hydroxyl groups is 1. The van der Waals surface area contributed by atoms with Crippen LogP contribution in [0.5, 0.6) is 0 Å². The van der Waals surface area contributed by atoms with Crippen molar-refractivity contribution in [2.24, 2.45) is 5.92 Å². The molecule has 6 heteroatoms. The Kier molecular flexibility index (Phi) is 5.28. The molecule has 1 aromatic heterocycles. The highest BCUT2D eigenvalue weighted by molar-refractivity contribution is 5.91. The van der Waals surface area contributed by atoms with E-state index in [2.05, 4.69) is 17.2 Å². The van der Waals surface area contributed by atoms with E-state index < -0.39 is 5.60 Å². The first-order valence-electron chi connectivity index (χ1n) is 8.40. The second kappa shape index (κ2) is 6.93. The molecule has 2 heterocycles. The number of nitrogens with one attached hydrogen (secondary N) is 1. The molecule has 1 aromatic rings. The van der Waals surface area contributed by atoms with Gasteiger partial charge in [0.25, 0.3) is 5.91 Å². The van der Waals surface area contributed by atoms with Crippen LogP contribution in [0.25, 0.3) is 0 Å². The Morgan fingerprint density at radius 2 is 2.04 bits per heavy atom. The molecule has 0 saturated carbocycles. The predicted molar refractivity (Wildman–Crippen MR) is 93.8 cm³/mol. The molecule has 136 valence electrons. The molecule has 6 nitrogen and oxygen atoms in total. The summed E-state index contributed by atoms with van der Waals surface area (Å²) >= 11 is 0. The highest BCUT2D eigenvalue weighted by atomic mass is 16.3. The van der Waals surface area contributed by atoms with Gasteiger partial charge in [-0.15, -0.1) is 0 Å². The fourth-order valence-corrected chi connectivity index (χ4v) is 2.63. The quantitative estimate of drug-likeness (QED) is 0.817. The van der Waals surface area contributed by atoms with E-state index in [1.807, 2.05) is 25.7 Å². The van der Waals surface area contributed by atoms with Gasteiger partial charge in [-0.2, -0.15) is 0 Å². The van der Waals surface area contributed by atoms with Crippen molar-refractivity contribution < 1.29 is 19.1 Å². The average Bonchev–Trinajstić information content (AvgIpc) is 3.08. The molecule has 1 aliphatic rings. The largest absolute Gasteiger partial charge is 0.443 e. The maximum atomic E-state index is 12.2. The maximum Gasteiger partial charge on any atom is 0.287 e. The van der Waals surface area contributed by atoms with E-state index in [4.69, 9.17) is 4.42 Å². The topological polar surface area (TPSA) is 82.8 Å². The number of carbonyl (C=O) groups excluding carboxylic acids is 2. The molecule has 1 saturated heterocycles. The third kappa shape index (κ3) is 5.36. The van der Waals surface area contributed by atoms with Crippen molar-refractivity contribution in [3.05, 3.63) is 23.7 Å². The number of nitrogens with zero attached hydrogens (tertiary/aromatic N) is 1. The lowest BCUT2D eigenvalue weighted by molar-refractivity contribution is -0.131. The van der Waals surface area contributed by atoms with Gasteiger partial charge < -0.3 is 19.7 Å². The first-order valence-corrected chi connectivity index (χ1v) is 8.40. The molecule has 2 N–H and O–H groups in total. The summed E-state index contributed by atoms with van der Waals surface area (Å²) in [5, 5.41) is 12.4. The summed E-state index contributed by atoms with van der Waals surface area (Å²) in [7, 11) is 0. The molecule has 1 atom stereocenters. The van der Waals surface area contributed by atoms with Gasteiger partial charge in [-0.25, -0.2) is 0 Å². The molecule has 1 fully saturated rings. The van der Waals surface area contributed by atoms with Crippen LogP contribution in [0.15, 0.2) is 16.5 Å². The van der Waals surface area contributed by atoms with Crippen molar-refractivity contribution in [1.29, 1.82) is 0 Å². The Balaban J connectivity index is 1.90. The zero-order valence-corrected chi connectivity index (χ0v) is 15.5. The number of rotatable bonds is 3. The van der Waals surface area contributed by atoms with Crippen LogP contribution in [0, 0.1) is 17.8 Å². The van der Waals surface area contributed by atoms with E-state index in [-0.39, 0.29) is 29.0 Å². The molecule has 0 radical (unpaired) electrons. The van der Waals surface area contributed by atoms with Gasteiger partial charge in [0.2, 0.25) is 5.91 Å². The van der Waals surface area contributed by atoms with Crippen LogP contribution >= 0.6 is 0 Å². The zero-order valence-electron chi connectivity index (χ0n) is 15.5. The minimum Gasteiger partial charge on any atom is -0.443 e. The molecular weight excluding hydrogens is 320 g/mol. The number of hydrogen-bond acceptors (Lipinski definition) is 4. The number of carbonyl (C=O) groups is 2. The van der Waals surface area contributed by atoms with Crippen molar-refractivity contribution in [2.45, 2.75) is 52.2 Å². The Morgan fingerprint density at radius 1 is 1.36 bits per heavy atom. The number of hydrogen-bond donors (Lipinski definition) is 2. The van der Waals surface area contributed by atoms with Crippen LogP contribution in [-0.4, -0.2) is 46.1 Å². The molecule has 1 aliphatic heterocycles. The van der Waals surface area contributed by atoms with Crippen LogP contribution in [0.3, 0.4) is 0 Å². The van der Waals surface area contributed by atoms with Gasteiger partial charge in [0.15, 0.2) is 11.5 Å². The van der Waals surface area contributed by atoms with Crippen molar-refractivity contribution in [3.63, 3.8) is 0 Å². The summed E-state index contributed by atoms with van der Waals surface area (Å²) in [6.07, 6.45) is 0.442. The van der Waals surface area contributed by atoms with Crippen LogP contribution in [0.2, 0.25) is 0 Å². The lowest BCUT2D eigenvalue weighted by Gasteiger charge is -2.32. The third-order valence-electron chi connectivity index (χ3n) is 3.89. The molecule has 2 amide bonds. The molecule has 0 spiro atoms. The molecule has 25 heavy (non-hydrogen) atoms. The smallest absolute Gasteiger partial charge is 0.287 e. The molecule has 2 rings (SSSR count). The Hall–Kier alpha value is -2.26. The maximum absolute atomic E-state index is 12.2. The lowest BCUT2D eigenvalue weighted by atomic mass is 10.1. The summed E-state index contributed by atoms with van der Waals surface area (Å²) in [5.41, 5.74) is -1.33. The normalized spacial score (nSPS) is 18.1. The Labute approximate surface area is 148 Å². The highest BCUT2D eigenvalue weighted by Gasteiger charge is 2.36. The predicted octanol–water partition coefficient (Wildman–Crippen LogP) is 1.78. The van der Waals surface area contributed by atoms with Crippen LogP contribution < -0.4 is 5.32 Å². The average molecular weight is 346 g/mol. The van der Waals surface area contributed by atoms with Gasteiger partial charge in [-0.05, 0) is 52.7 Å². The summed E-state index contributed by atoms with van der Waals surface area (Å²) in [6.45, 7) is 10.2. The molecule has 0 unspecified atom stereocenters. The molecule has 0 bridgehead atoms. The second-order valence-corrected chi connectivity index (χ2v) is 7.93. The SMILES string of the molecule is CC(C)(O)C#Cc1ccc(C(=O)NC[C@@H]2CC(=O)N(C(C)(C)C)C2)o1. The van der Waals surface area contributed by atoms with Crippen molar-refractivity contribution in [1.82, 2.24) is 10.2 Å². The van der Waals surface area contributed by atoms with E-state index in [1.165, 1.54) is 0 Å². The molecule has 0 aromatic carbocycles. The van der Waals surface area contributed by atoms with E-state index in [0.717, 1.165) is 0 Å². The monoisotopic (exact) mass is 346 g/mol. The number of amides is 2. The van der Waals surface area contributed by atoms with Gasteiger partial charge >= 0.3 is 0 Å². The van der Waals surface area contributed by atoms with Crippen LogP contribution in [0.1, 0.15) is 57.4 Å². The van der Waals surface area contributed by atoms with E-state index >= 15 is 0 Å². The van der Waals surface area contributed by atoms with Gasteiger partial charge in [0.1, 0.15) is 5.60 Å². The van der Waals surface area contributed by atoms with Gasteiger partial charge in [0.05, 0.1) is 0 Å². The number of furan rings is 1. The summed E-state index contributed by atoms with van der Waals surface area (Å²) < 4.78 is 5.38. The minimum absolute atomic E-state index is 0.0973. The summed E-state index contributed by atoms with van der Waals surface area (Å²) in [6, 6.07) is 3.14. The van der Waals surface area contributed by atoms with Gasteiger partial charge in [-0.3, -0.25) is 9.59 Å². The third-order valence-corrected chi connectivity index (χ3v) is 3.89. The summed E-state index contributed by atoms with van der Waals surface area (Å²) in [4.78, 5) is 26.1. The molecular formula is C19H26N2O4. The van der Waals surface area contributed by atoms with Crippen LogP contribution in [0.4, 0.5) is 0 Å². The minimum atomic E-state index is -1.12. The van der Waals surface area contributed by atoms with Crippen molar-refractivity contribution >= 4 is 11.8 Å². The number of likely N-dealkylation sites (tertiary alicyclic amines) is 1. The first kappa shape index (κ1) is 19.1. The Bertz CT molecular complexity index is 710. The van der Waals surface area contributed by atoms with Crippen molar-refractivity contribution in [3.8, 4) is 11.8 Å². The lowest BCUT2D eigenvalue weighted by Crippen LogP contribution is -2.42. The first-order chi connectivity index (χ1) is 11.5. The van der Waals surface area contributed by atoms with Crippen molar-refractivity contribution in [2.75, 3.05) is 13.1 Å². The second-order valence-electron chi connectivity index (χ2n) is 7.93. The summed E-state index contributed by atoms with van der Waals surface area (Å²) in [5.74, 6) is 5.68. The molecule has 0 aliphatic carbocycles. The van der Waals surface area contributed by atoms with E-state index in [0.29, 0.717) is 25.3 Å². The fourth-order valence-electron chi connectivity index (χ4n) is 2.63. The van der Waals surface area contributed by atoms with Crippen LogP contribution in [-0.2, 0) is 4.79 Å². The Morgan fingerprint density at radius 3 is 2.60 bits per heavy atom. The van der Waals surface area contributed by atoms with E-state index in [1.54, 1.807) is 26.0 Å². The van der Waals surface area contributed by atoms with Gasteiger partial charge in [0, 0.05) is 31.0 Å². The standard InChI is InChI=1S/C19H26N2O4/c1-18(2,3)21-12-13(10-16(21)22)11-20-17(23)15-7-6-14(25-15)8-9-19(4,5)24/h6-7,13,24H,10-12H2,1-5H3,(H,20,23)/t13-/m0/s1. The van der Waals surface area contributed by atoms with Gasteiger partial charge in [-0.1, -0.05) is 5.92 Å². The zero-order chi connectivity index (χ0) is 18.8. The highest BCUT2D eigenvalue weighted by Crippen LogP contribution is 2.25.